The zero-order chi connectivity index (χ0) is 21.8. The number of hydrogen-bond donors (Lipinski definition) is 1. The molecule has 0 unspecified atom stereocenters. The highest BCUT2D eigenvalue weighted by Gasteiger charge is 2.18. The van der Waals surface area contributed by atoms with Crippen LogP contribution in [-0.4, -0.2) is 35.3 Å². The van der Waals surface area contributed by atoms with Gasteiger partial charge in [-0.25, -0.2) is 14.2 Å². The second-order valence-corrected chi connectivity index (χ2v) is 6.83. The maximum atomic E-state index is 13.0. The molecule has 0 bridgehead atoms. The van der Waals surface area contributed by atoms with Gasteiger partial charge < -0.3 is 5.32 Å². The fourth-order valence-corrected chi connectivity index (χ4v) is 2.91. The molecule has 4 heterocycles. The van der Waals surface area contributed by atoms with E-state index in [1.54, 1.807) is 46.1 Å². The SMILES string of the molecule is C=C(C=CC(C)=CC)n1nc(-c2cccnc2)cc1NC(=O)c1cnn2cccnc12. The van der Waals surface area contributed by atoms with Gasteiger partial charge in [0.1, 0.15) is 11.4 Å². The number of nitrogens with one attached hydrogen (secondary N) is 1. The van der Waals surface area contributed by atoms with Crippen LogP contribution in [0.3, 0.4) is 0 Å². The summed E-state index contributed by atoms with van der Waals surface area (Å²) in [4.78, 5) is 21.4. The van der Waals surface area contributed by atoms with Crippen LogP contribution in [0.4, 0.5) is 5.82 Å². The van der Waals surface area contributed by atoms with E-state index in [2.05, 4.69) is 32.1 Å². The Balaban J connectivity index is 1.71. The lowest BCUT2D eigenvalue weighted by Crippen LogP contribution is -2.15. The van der Waals surface area contributed by atoms with Crippen molar-refractivity contribution < 1.29 is 4.79 Å². The van der Waals surface area contributed by atoms with Crippen molar-refractivity contribution in [2.75, 3.05) is 5.32 Å². The van der Waals surface area contributed by atoms with Gasteiger partial charge in [-0.2, -0.15) is 10.2 Å². The minimum absolute atomic E-state index is 0.339. The molecule has 0 aliphatic heterocycles. The molecule has 0 spiro atoms. The largest absolute Gasteiger partial charge is 0.306 e. The molecule has 0 atom stereocenters. The summed E-state index contributed by atoms with van der Waals surface area (Å²) in [5.41, 5.74) is 4.02. The Labute approximate surface area is 179 Å². The van der Waals surface area contributed by atoms with Crippen molar-refractivity contribution in [3.63, 3.8) is 0 Å². The van der Waals surface area contributed by atoms with E-state index in [0.717, 1.165) is 11.1 Å². The second-order valence-electron chi connectivity index (χ2n) is 6.83. The lowest BCUT2D eigenvalue weighted by molar-refractivity contribution is 0.102. The van der Waals surface area contributed by atoms with E-state index in [-0.39, 0.29) is 5.91 Å². The molecule has 1 N–H and O–H groups in total. The molecule has 0 radical (unpaired) electrons. The lowest BCUT2D eigenvalue weighted by atomic mass is 10.2. The zero-order valence-electron chi connectivity index (χ0n) is 17.2. The van der Waals surface area contributed by atoms with Crippen molar-refractivity contribution >= 4 is 23.1 Å². The predicted molar refractivity (Wildman–Crippen MR) is 120 cm³/mol. The van der Waals surface area contributed by atoms with Crippen molar-refractivity contribution in [2.24, 2.45) is 0 Å². The van der Waals surface area contributed by atoms with Crippen LogP contribution in [0.15, 0.2) is 85.6 Å². The number of rotatable bonds is 6. The van der Waals surface area contributed by atoms with E-state index in [1.165, 1.54) is 6.20 Å². The van der Waals surface area contributed by atoms with Crippen LogP contribution in [0.25, 0.3) is 22.6 Å². The maximum absolute atomic E-state index is 13.0. The van der Waals surface area contributed by atoms with Crippen molar-refractivity contribution in [3.05, 3.63) is 91.2 Å². The molecule has 8 heteroatoms. The molecular formula is C23H21N7O. The molecule has 0 saturated carbocycles. The number of aromatic nitrogens is 6. The predicted octanol–water partition coefficient (Wildman–Crippen LogP) is 4.23. The van der Waals surface area contributed by atoms with Gasteiger partial charge in [0.2, 0.25) is 0 Å². The van der Waals surface area contributed by atoms with Crippen LogP contribution in [-0.2, 0) is 0 Å². The smallest absolute Gasteiger partial charge is 0.262 e. The van der Waals surface area contributed by atoms with Gasteiger partial charge in [-0.15, -0.1) is 0 Å². The normalized spacial score (nSPS) is 11.9. The van der Waals surface area contributed by atoms with Gasteiger partial charge >= 0.3 is 0 Å². The number of allylic oxidation sites excluding steroid dienone is 5. The third kappa shape index (κ3) is 4.18. The first-order valence-corrected chi connectivity index (χ1v) is 9.67. The van der Waals surface area contributed by atoms with Crippen LogP contribution < -0.4 is 5.32 Å². The first-order chi connectivity index (χ1) is 15.1. The quantitative estimate of drug-likeness (QED) is 0.480. The van der Waals surface area contributed by atoms with Crippen LogP contribution in [0.1, 0.15) is 24.2 Å². The molecule has 4 aromatic heterocycles. The van der Waals surface area contributed by atoms with Crippen molar-refractivity contribution in [1.82, 2.24) is 29.4 Å². The topological polar surface area (TPSA) is 90.0 Å². The minimum Gasteiger partial charge on any atom is -0.306 e. The van der Waals surface area contributed by atoms with E-state index in [1.807, 2.05) is 44.2 Å². The standard InChI is InChI=1S/C23H21N7O/c1-4-16(2)8-9-17(3)30-21(13-20(28-30)18-7-5-10-24-14-18)27-23(31)19-15-26-29-12-6-11-25-22(19)29/h4-15H,3H2,1-2H3,(H,27,31). The number of hydrogen-bond acceptors (Lipinski definition) is 5. The van der Waals surface area contributed by atoms with E-state index < -0.39 is 0 Å². The number of fused-ring (bicyclic) bond motifs is 1. The Morgan fingerprint density at radius 1 is 1.19 bits per heavy atom. The first-order valence-electron chi connectivity index (χ1n) is 9.67. The van der Waals surface area contributed by atoms with Gasteiger partial charge in [0, 0.05) is 36.4 Å². The molecule has 0 aromatic carbocycles. The highest BCUT2D eigenvalue weighted by atomic mass is 16.1. The molecular weight excluding hydrogens is 390 g/mol. The van der Waals surface area contributed by atoms with Crippen LogP contribution >= 0.6 is 0 Å². The molecule has 0 aliphatic rings. The Bertz CT molecular complexity index is 1310. The second kappa shape index (κ2) is 8.58. The summed E-state index contributed by atoms with van der Waals surface area (Å²) in [5.74, 6) is 0.140. The summed E-state index contributed by atoms with van der Waals surface area (Å²) in [6.07, 6.45) is 14.0. The summed E-state index contributed by atoms with van der Waals surface area (Å²) in [6.45, 7) is 8.07. The monoisotopic (exact) mass is 411 g/mol. The van der Waals surface area contributed by atoms with E-state index in [9.17, 15) is 4.79 Å². The number of amides is 1. The lowest BCUT2D eigenvalue weighted by Gasteiger charge is -2.08. The molecule has 4 aromatic rings. The molecule has 0 saturated heterocycles. The Morgan fingerprint density at radius 3 is 2.84 bits per heavy atom. The van der Waals surface area contributed by atoms with Gasteiger partial charge in [0.25, 0.3) is 5.91 Å². The number of nitrogens with zero attached hydrogens (tertiary/aromatic N) is 6. The fraction of sp³-hybridized carbons (Fsp3) is 0.0870. The van der Waals surface area contributed by atoms with Crippen LogP contribution in [0, 0.1) is 0 Å². The molecule has 31 heavy (non-hydrogen) atoms. The molecule has 4 rings (SSSR count). The number of carbonyl (C=O) groups is 1. The summed E-state index contributed by atoms with van der Waals surface area (Å²) < 4.78 is 3.15. The summed E-state index contributed by atoms with van der Waals surface area (Å²) >= 11 is 0. The Kier molecular flexibility index (Phi) is 5.53. The van der Waals surface area contributed by atoms with Gasteiger partial charge in [-0.1, -0.05) is 24.3 Å². The molecule has 1 amide bonds. The molecule has 0 fully saturated rings. The van der Waals surface area contributed by atoms with Crippen molar-refractivity contribution in [3.8, 4) is 11.3 Å². The van der Waals surface area contributed by atoms with Crippen LogP contribution in [0.5, 0.6) is 0 Å². The Morgan fingerprint density at radius 2 is 2.06 bits per heavy atom. The third-order valence-electron chi connectivity index (χ3n) is 4.70. The van der Waals surface area contributed by atoms with Gasteiger partial charge in [-0.3, -0.25) is 9.78 Å². The number of pyridine rings is 1. The Hall–Kier alpha value is -4.33. The highest BCUT2D eigenvalue weighted by Crippen LogP contribution is 2.25. The van der Waals surface area contributed by atoms with Crippen LogP contribution in [0.2, 0.25) is 0 Å². The molecule has 8 nitrogen and oxygen atoms in total. The highest BCUT2D eigenvalue weighted by molar-refractivity contribution is 6.08. The molecule has 0 aliphatic carbocycles. The van der Waals surface area contributed by atoms with Gasteiger partial charge in [0.05, 0.1) is 17.6 Å². The third-order valence-corrected chi connectivity index (χ3v) is 4.70. The fourth-order valence-electron chi connectivity index (χ4n) is 2.91. The first kappa shape index (κ1) is 20.0. The average molecular weight is 411 g/mol. The van der Waals surface area contributed by atoms with Gasteiger partial charge in [-0.05, 0) is 38.1 Å². The van der Waals surface area contributed by atoms with Crippen molar-refractivity contribution in [1.29, 1.82) is 0 Å². The van der Waals surface area contributed by atoms with E-state index in [4.69, 9.17) is 0 Å². The number of carbonyl (C=O) groups excluding carboxylic acids is 1. The van der Waals surface area contributed by atoms with E-state index >= 15 is 0 Å². The maximum Gasteiger partial charge on any atom is 0.262 e. The number of anilines is 1. The summed E-state index contributed by atoms with van der Waals surface area (Å²) in [5, 5.41) is 11.7. The van der Waals surface area contributed by atoms with Gasteiger partial charge in [0.15, 0.2) is 5.65 Å². The summed E-state index contributed by atoms with van der Waals surface area (Å²) in [6, 6.07) is 7.28. The van der Waals surface area contributed by atoms with E-state index in [0.29, 0.717) is 28.4 Å². The summed E-state index contributed by atoms with van der Waals surface area (Å²) in [7, 11) is 0. The zero-order valence-corrected chi connectivity index (χ0v) is 17.2. The minimum atomic E-state index is -0.339. The van der Waals surface area contributed by atoms with Crippen molar-refractivity contribution in [2.45, 2.75) is 13.8 Å². The molecule has 154 valence electrons. The average Bonchev–Trinajstić information content (AvgIpc) is 3.42.